The minimum atomic E-state index is -0.192. The molecule has 0 aliphatic carbocycles. The molecular formula is C16H27BrFN3. The van der Waals surface area contributed by atoms with Gasteiger partial charge in [-0.05, 0) is 50.6 Å². The van der Waals surface area contributed by atoms with Crippen LogP contribution in [0.4, 0.5) is 4.39 Å². The first kappa shape index (κ1) is 18.6. The van der Waals surface area contributed by atoms with Crippen molar-refractivity contribution in [2.24, 2.45) is 5.84 Å². The maximum Gasteiger partial charge on any atom is 0.127 e. The molecule has 2 atom stereocenters. The summed E-state index contributed by atoms with van der Waals surface area (Å²) in [6.45, 7) is 10.5. The summed E-state index contributed by atoms with van der Waals surface area (Å²) in [5.74, 6) is 5.61. The fourth-order valence-electron chi connectivity index (χ4n) is 3.00. The topological polar surface area (TPSA) is 41.3 Å². The zero-order valence-corrected chi connectivity index (χ0v) is 15.0. The van der Waals surface area contributed by atoms with Gasteiger partial charge < -0.3 is 0 Å². The monoisotopic (exact) mass is 359 g/mol. The van der Waals surface area contributed by atoms with Crippen LogP contribution in [0.25, 0.3) is 0 Å². The Hall–Kier alpha value is -0.490. The van der Waals surface area contributed by atoms with Crippen LogP contribution in [0, 0.1) is 5.82 Å². The van der Waals surface area contributed by atoms with Gasteiger partial charge in [0.1, 0.15) is 5.82 Å². The highest BCUT2D eigenvalue weighted by Crippen LogP contribution is 2.27. The molecule has 0 amide bonds. The quantitative estimate of drug-likeness (QED) is 0.551. The van der Waals surface area contributed by atoms with Gasteiger partial charge in [-0.2, -0.15) is 0 Å². The highest BCUT2D eigenvalue weighted by molar-refractivity contribution is 9.10. The molecule has 1 rings (SSSR count). The summed E-state index contributed by atoms with van der Waals surface area (Å²) < 4.78 is 14.8. The van der Waals surface area contributed by atoms with Gasteiger partial charge in [-0.15, -0.1) is 0 Å². The normalized spacial score (nSPS) is 16.0. The molecule has 120 valence electrons. The lowest BCUT2D eigenvalue weighted by molar-refractivity contribution is 0.0698. The summed E-state index contributed by atoms with van der Waals surface area (Å²) in [6, 6.07) is 5.18. The fraction of sp³-hybridized carbons (Fsp3) is 0.625. The maximum atomic E-state index is 14.1. The second-order valence-electron chi connectivity index (χ2n) is 5.54. The molecule has 0 aromatic heterocycles. The Morgan fingerprint density at radius 3 is 2.38 bits per heavy atom. The van der Waals surface area contributed by atoms with Crippen molar-refractivity contribution in [2.45, 2.75) is 52.1 Å². The number of rotatable bonds is 8. The summed E-state index contributed by atoms with van der Waals surface area (Å²) in [4.78, 5) is 2.38. The third kappa shape index (κ3) is 4.25. The van der Waals surface area contributed by atoms with E-state index < -0.39 is 0 Å². The van der Waals surface area contributed by atoms with Gasteiger partial charge in [-0.25, -0.2) is 4.39 Å². The zero-order valence-electron chi connectivity index (χ0n) is 13.4. The highest BCUT2D eigenvalue weighted by atomic mass is 79.9. The molecule has 3 N–H and O–H groups in total. The van der Waals surface area contributed by atoms with Crippen LogP contribution < -0.4 is 11.3 Å². The minimum Gasteiger partial charge on any atom is -0.297 e. The van der Waals surface area contributed by atoms with Crippen LogP contribution >= 0.6 is 15.9 Å². The molecule has 1 aromatic carbocycles. The van der Waals surface area contributed by atoms with E-state index in [0.29, 0.717) is 12.0 Å². The number of benzene rings is 1. The van der Waals surface area contributed by atoms with E-state index in [9.17, 15) is 4.39 Å². The lowest BCUT2D eigenvalue weighted by Crippen LogP contribution is -2.61. The van der Waals surface area contributed by atoms with Crippen LogP contribution in [-0.4, -0.2) is 29.6 Å². The van der Waals surface area contributed by atoms with Crippen LogP contribution in [-0.2, 0) is 6.42 Å². The van der Waals surface area contributed by atoms with Crippen molar-refractivity contribution in [1.82, 2.24) is 10.3 Å². The summed E-state index contributed by atoms with van der Waals surface area (Å²) in [6.07, 6.45) is 1.51. The molecule has 1 aromatic rings. The number of hydrazine groups is 1. The molecule has 0 fully saturated rings. The second kappa shape index (κ2) is 8.22. The van der Waals surface area contributed by atoms with Crippen molar-refractivity contribution in [1.29, 1.82) is 0 Å². The summed E-state index contributed by atoms with van der Waals surface area (Å²) in [7, 11) is 0. The summed E-state index contributed by atoms with van der Waals surface area (Å²) in [5.41, 5.74) is 3.49. The Balaban J connectivity index is 3.04. The molecule has 0 aliphatic heterocycles. The number of hydrogen-bond donors (Lipinski definition) is 2. The molecule has 0 spiro atoms. The first-order valence-electron chi connectivity index (χ1n) is 7.57. The number of hydrogen-bond acceptors (Lipinski definition) is 3. The molecule has 0 aliphatic rings. The Morgan fingerprint density at radius 2 is 1.95 bits per heavy atom. The first-order chi connectivity index (χ1) is 9.92. The molecule has 21 heavy (non-hydrogen) atoms. The van der Waals surface area contributed by atoms with Crippen LogP contribution in [0.15, 0.2) is 22.7 Å². The number of nitrogens with two attached hydrogens (primary N) is 1. The zero-order chi connectivity index (χ0) is 16.0. The van der Waals surface area contributed by atoms with E-state index in [1.165, 1.54) is 6.07 Å². The number of nitrogens with one attached hydrogen (secondary N) is 1. The number of likely N-dealkylation sites (N-methyl/N-ethyl adjacent to an activating group) is 1. The predicted octanol–water partition coefficient (Wildman–Crippen LogP) is 3.47. The average molecular weight is 360 g/mol. The molecule has 0 heterocycles. The van der Waals surface area contributed by atoms with Gasteiger partial charge in [0.2, 0.25) is 0 Å². The molecule has 0 radical (unpaired) electrons. The molecule has 3 nitrogen and oxygen atoms in total. The smallest absolute Gasteiger partial charge is 0.127 e. The molecule has 5 heteroatoms. The van der Waals surface area contributed by atoms with E-state index in [0.717, 1.165) is 24.0 Å². The molecule has 0 saturated carbocycles. The Bertz CT molecular complexity index is 451. The van der Waals surface area contributed by atoms with E-state index in [1.54, 1.807) is 0 Å². The first-order valence-corrected chi connectivity index (χ1v) is 8.37. The summed E-state index contributed by atoms with van der Waals surface area (Å²) >= 11 is 3.29. The van der Waals surface area contributed by atoms with Crippen molar-refractivity contribution < 1.29 is 4.39 Å². The van der Waals surface area contributed by atoms with Crippen LogP contribution in [0.5, 0.6) is 0 Å². The van der Waals surface area contributed by atoms with Gasteiger partial charge in [0.25, 0.3) is 0 Å². The number of nitrogens with zero attached hydrogens (tertiary/aromatic N) is 1. The van der Waals surface area contributed by atoms with Crippen molar-refractivity contribution in [3.8, 4) is 0 Å². The molecule has 2 unspecified atom stereocenters. The van der Waals surface area contributed by atoms with Crippen molar-refractivity contribution in [3.63, 3.8) is 0 Å². The Labute approximate surface area is 136 Å². The third-order valence-electron chi connectivity index (χ3n) is 4.59. The van der Waals surface area contributed by atoms with Crippen molar-refractivity contribution >= 4 is 15.9 Å². The Morgan fingerprint density at radius 1 is 1.33 bits per heavy atom. The molecule has 0 bridgehead atoms. The average Bonchev–Trinajstić information content (AvgIpc) is 2.47. The fourth-order valence-corrected chi connectivity index (χ4v) is 3.34. The van der Waals surface area contributed by atoms with E-state index in [2.05, 4.69) is 54.0 Å². The second-order valence-corrected chi connectivity index (χ2v) is 6.46. The van der Waals surface area contributed by atoms with Crippen molar-refractivity contribution in [3.05, 3.63) is 34.1 Å². The molecular weight excluding hydrogens is 333 g/mol. The van der Waals surface area contributed by atoms with Crippen LogP contribution in [0.2, 0.25) is 0 Å². The largest absolute Gasteiger partial charge is 0.297 e. The maximum absolute atomic E-state index is 14.1. The van der Waals surface area contributed by atoms with Gasteiger partial charge >= 0.3 is 0 Å². The van der Waals surface area contributed by atoms with E-state index in [4.69, 9.17) is 5.84 Å². The van der Waals surface area contributed by atoms with Gasteiger partial charge in [0.15, 0.2) is 0 Å². The van der Waals surface area contributed by atoms with Gasteiger partial charge in [0.05, 0.1) is 0 Å². The number of halogens is 2. The van der Waals surface area contributed by atoms with Gasteiger partial charge in [0, 0.05) is 16.1 Å². The Kier molecular flexibility index (Phi) is 7.27. The van der Waals surface area contributed by atoms with Gasteiger partial charge in [-0.1, -0.05) is 42.8 Å². The predicted molar refractivity (Wildman–Crippen MR) is 90.5 cm³/mol. The molecule has 0 saturated heterocycles. The standard InChI is InChI=1S/C16H27BrFN3/c1-5-16(4,21(6-2)7-3)15(20-19)10-12-8-9-13(17)11-14(12)18/h8-9,11,15,20H,5-7,10,19H2,1-4H3. The lowest BCUT2D eigenvalue weighted by Gasteiger charge is -2.45. The van der Waals surface area contributed by atoms with Crippen LogP contribution in [0.3, 0.4) is 0 Å². The van der Waals surface area contributed by atoms with Crippen LogP contribution in [0.1, 0.15) is 39.7 Å². The van der Waals surface area contributed by atoms with E-state index >= 15 is 0 Å². The lowest BCUT2D eigenvalue weighted by atomic mass is 9.83. The highest BCUT2D eigenvalue weighted by Gasteiger charge is 2.36. The minimum absolute atomic E-state index is 0.0157. The van der Waals surface area contributed by atoms with Gasteiger partial charge in [-0.3, -0.25) is 16.2 Å². The van der Waals surface area contributed by atoms with E-state index in [-0.39, 0.29) is 17.4 Å². The summed E-state index contributed by atoms with van der Waals surface area (Å²) in [5, 5.41) is 0. The SMILES string of the molecule is CCN(CC)C(C)(CC)C(Cc1ccc(Br)cc1F)NN. The third-order valence-corrected chi connectivity index (χ3v) is 5.09. The van der Waals surface area contributed by atoms with Crippen molar-refractivity contribution in [2.75, 3.05) is 13.1 Å². The van der Waals surface area contributed by atoms with E-state index in [1.807, 2.05) is 12.1 Å².